The minimum absolute atomic E-state index is 0.0448. The van der Waals surface area contributed by atoms with Gasteiger partial charge in [0.2, 0.25) is 0 Å². The number of benzene rings is 1. The van der Waals surface area contributed by atoms with Crippen molar-refractivity contribution in [2.45, 2.75) is 33.3 Å². The molecule has 2 aromatic heterocycles. The number of Topliss-reactive ketones (excluding diaryl/α,β-unsaturated/α-hetero) is 1. The Morgan fingerprint density at radius 3 is 2.69 bits per heavy atom. The number of aromatic amines is 1. The third kappa shape index (κ3) is 3.44. The summed E-state index contributed by atoms with van der Waals surface area (Å²) in [5.41, 5.74) is 4.44. The SMILES string of the molecule is CC(=O)c1[nH]c(C)c(C(=O)N2C[C@@H](Cc3ccnc4ccccc34)[C@H](O)C2)c1C. The molecule has 29 heavy (non-hydrogen) atoms. The second-order valence-corrected chi connectivity index (χ2v) is 7.91. The van der Waals surface area contributed by atoms with Gasteiger partial charge in [0.05, 0.1) is 22.9 Å². The lowest BCUT2D eigenvalue weighted by Gasteiger charge is -2.17. The maximum absolute atomic E-state index is 13.2. The van der Waals surface area contributed by atoms with Crippen molar-refractivity contribution < 1.29 is 14.7 Å². The fourth-order valence-electron chi connectivity index (χ4n) is 4.42. The highest BCUT2D eigenvalue weighted by Crippen LogP contribution is 2.28. The van der Waals surface area contributed by atoms with Gasteiger partial charge in [-0.05, 0) is 43.5 Å². The zero-order valence-electron chi connectivity index (χ0n) is 16.9. The van der Waals surface area contributed by atoms with Crippen LogP contribution in [0.3, 0.4) is 0 Å². The molecule has 1 amide bonds. The van der Waals surface area contributed by atoms with Crippen LogP contribution >= 0.6 is 0 Å². The Morgan fingerprint density at radius 2 is 1.97 bits per heavy atom. The Hall–Kier alpha value is -2.99. The van der Waals surface area contributed by atoms with Crippen LogP contribution in [0.5, 0.6) is 0 Å². The molecule has 1 aromatic carbocycles. The van der Waals surface area contributed by atoms with Gasteiger partial charge in [0.25, 0.3) is 5.91 Å². The van der Waals surface area contributed by atoms with E-state index in [4.69, 9.17) is 0 Å². The van der Waals surface area contributed by atoms with Crippen LogP contribution in [0.1, 0.15) is 44.6 Å². The average molecular weight is 391 g/mol. The number of β-amino-alcohol motifs (C(OH)–C–C–N with tert-alkyl or cyclic N) is 1. The van der Waals surface area contributed by atoms with E-state index in [0.717, 1.165) is 16.5 Å². The van der Waals surface area contributed by atoms with Crippen molar-refractivity contribution in [1.29, 1.82) is 0 Å². The Balaban J connectivity index is 1.56. The molecule has 0 spiro atoms. The molecule has 1 aliphatic heterocycles. The highest BCUT2D eigenvalue weighted by atomic mass is 16.3. The number of pyridine rings is 1. The fourth-order valence-corrected chi connectivity index (χ4v) is 4.42. The number of aromatic nitrogens is 2. The molecule has 0 aliphatic carbocycles. The number of rotatable bonds is 4. The Labute approximate surface area is 169 Å². The molecule has 3 heterocycles. The third-order valence-electron chi connectivity index (χ3n) is 5.92. The number of aryl methyl sites for hydroxylation is 1. The van der Waals surface area contributed by atoms with Crippen molar-refractivity contribution in [3.8, 4) is 0 Å². The number of H-pyrrole nitrogens is 1. The minimum atomic E-state index is -0.585. The second kappa shape index (κ2) is 7.44. The number of carbonyl (C=O) groups excluding carboxylic acids is 2. The van der Waals surface area contributed by atoms with Gasteiger partial charge in [-0.1, -0.05) is 18.2 Å². The van der Waals surface area contributed by atoms with Gasteiger partial charge in [-0.25, -0.2) is 0 Å². The van der Waals surface area contributed by atoms with Crippen LogP contribution in [0.4, 0.5) is 0 Å². The van der Waals surface area contributed by atoms with Gasteiger partial charge in [0.1, 0.15) is 0 Å². The van der Waals surface area contributed by atoms with E-state index in [1.54, 1.807) is 24.9 Å². The van der Waals surface area contributed by atoms with Crippen LogP contribution in [0.25, 0.3) is 10.9 Å². The molecule has 1 aliphatic rings. The molecule has 0 unspecified atom stereocenters. The molecule has 1 fully saturated rings. The van der Waals surface area contributed by atoms with Gasteiger partial charge in [-0.3, -0.25) is 14.6 Å². The summed E-state index contributed by atoms with van der Waals surface area (Å²) in [5, 5.41) is 11.7. The molecule has 6 nitrogen and oxygen atoms in total. The predicted octanol–water partition coefficient (Wildman–Crippen LogP) is 3.06. The first-order chi connectivity index (χ1) is 13.9. The van der Waals surface area contributed by atoms with Crippen molar-refractivity contribution in [3.63, 3.8) is 0 Å². The van der Waals surface area contributed by atoms with Crippen LogP contribution in [0.2, 0.25) is 0 Å². The van der Waals surface area contributed by atoms with Crippen LogP contribution in [0, 0.1) is 19.8 Å². The van der Waals surface area contributed by atoms with Gasteiger partial charge in [0, 0.05) is 43.2 Å². The summed E-state index contributed by atoms with van der Waals surface area (Å²) in [6.07, 6.45) is 1.88. The smallest absolute Gasteiger partial charge is 0.256 e. The lowest BCUT2D eigenvalue weighted by molar-refractivity contribution is 0.0763. The van der Waals surface area contributed by atoms with Crippen molar-refractivity contribution >= 4 is 22.6 Å². The van der Waals surface area contributed by atoms with E-state index >= 15 is 0 Å². The number of amides is 1. The van der Waals surface area contributed by atoms with Gasteiger partial charge in [-0.15, -0.1) is 0 Å². The number of hydrogen-bond donors (Lipinski definition) is 2. The molecule has 0 radical (unpaired) electrons. The summed E-state index contributed by atoms with van der Waals surface area (Å²) in [4.78, 5) is 34.1. The Kier molecular flexibility index (Phi) is 4.96. The van der Waals surface area contributed by atoms with Crippen LogP contribution in [-0.2, 0) is 6.42 Å². The summed E-state index contributed by atoms with van der Waals surface area (Å²) in [7, 11) is 0. The predicted molar refractivity (Wildman–Crippen MR) is 111 cm³/mol. The summed E-state index contributed by atoms with van der Waals surface area (Å²) in [6, 6.07) is 9.94. The lowest BCUT2D eigenvalue weighted by Crippen LogP contribution is -2.30. The molecule has 1 saturated heterocycles. The van der Waals surface area contributed by atoms with Gasteiger partial charge < -0.3 is 15.0 Å². The van der Waals surface area contributed by atoms with Crippen molar-refractivity contribution in [2.24, 2.45) is 5.92 Å². The van der Waals surface area contributed by atoms with E-state index in [0.29, 0.717) is 42.0 Å². The molecule has 150 valence electrons. The maximum atomic E-state index is 13.2. The molecular weight excluding hydrogens is 366 g/mol. The van der Waals surface area contributed by atoms with E-state index in [9.17, 15) is 14.7 Å². The zero-order chi connectivity index (χ0) is 20.7. The number of carbonyl (C=O) groups is 2. The standard InChI is InChI=1S/C23H25N3O3/c1-13-21(14(2)25-22(13)15(3)27)23(29)26-11-17(20(28)12-26)10-16-8-9-24-19-7-5-4-6-18(16)19/h4-9,17,20,25,28H,10-12H2,1-3H3/t17-,20-/m1/s1. The quantitative estimate of drug-likeness (QED) is 0.669. The normalized spacial score (nSPS) is 19.1. The van der Waals surface area contributed by atoms with Crippen LogP contribution in [0.15, 0.2) is 36.5 Å². The number of fused-ring (bicyclic) bond motifs is 1. The van der Waals surface area contributed by atoms with Crippen molar-refractivity contribution in [3.05, 3.63) is 64.6 Å². The van der Waals surface area contributed by atoms with E-state index in [1.807, 2.05) is 30.3 Å². The molecule has 2 atom stereocenters. The largest absolute Gasteiger partial charge is 0.391 e. The van der Waals surface area contributed by atoms with E-state index in [1.165, 1.54) is 6.92 Å². The zero-order valence-corrected chi connectivity index (χ0v) is 16.9. The molecular formula is C23H25N3O3. The maximum Gasteiger partial charge on any atom is 0.256 e. The molecule has 3 aromatic rings. The second-order valence-electron chi connectivity index (χ2n) is 7.91. The van der Waals surface area contributed by atoms with E-state index < -0.39 is 6.10 Å². The van der Waals surface area contributed by atoms with E-state index in [-0.39, 0.29) is 17.6 Å². The fraction of sp³-hybridized carbons (Fsp3) is 0.348. The Morgan fingerprint density at radius 1 is 1.21 bits per heavy atom. The van der Waals surface area contributed by atoms with Gasteiger partial charge >= 0.3 is 0 Å². The molecule has 0 bridgehead atoms. The summed E-state index contributed by atoms with van der Waals surface area (Å²) < 4.78 is 0. The number of likely N-dealkylation sites (tertiary alicyclic amines) is 1. The first kappa shape index (κ1) is 19.3. The van der Waals surface area contributed by atoms with Crippen molar-refractivity contribution in [1.82, 2.24) is 14.9 Å². The topological polar surface area (TPSA) is 86.3 Å². The number of ketones is 1. The van der Waals surface area contributed by atoms with Gasteiger partial charge in [-0.2, -0.15) is 0 Å². The molecule has 4 rings (SSSR count). The molecule has 6 heteroatoms. The first-order valence-corrected chi connectivity index (χ1v) is 9.87. The number of nitrogens with one attached hydrogen (secondary N) is 1. The lowest BCUT2D eigenvalue weighted by atomic mass is 9.94. The van der Waals surface area contributed by atoms with Crippen LogP contribution in [-0.4, -0.2) is 50.9 Å². The number of hydrogen-bond acceptors (Lipinski definition) is 4. The number of para-hydroxylation sites is 1. The summed E-state index contributed by atoms with van der Waals surface area (Å²) in [5.74, 6) is -0.268. The van der Waals surface area contributed by atoms with Crippen LogP contribution < -0.4 is 0 Å². The third-order valence-corrected chi connectivity index (χ3v) is 5.92. The Bertz CT molecular complexity index is 1100. The minimum Gasteiger partial charge on any atom is -0.391 e. The number of nitrogens with zero attached hydrogens (tertiary/aromatic N) is 2. The average Bonchev–Trinajstić information content (AvgIpc) is 3.21. The molecule has 2 N–H and O–H groups in total. The van der Waals surface area contributed by atoms with E-state index in [2.05, 4.69) is 9.97 Å². The number of aliphatic hydroxyl groups excluding tert-OH is 1. The van der Waals surface area contributed by atoms with Crippen molar-refractivity contribution in [2.75, 3.05) is 13.1 Å². The molecule has 0 saturated carbocycles. The summed E-state index contributed by atoms with van der Waals surface area (Å²) in [6.45, 7) is 5.86. The summed E-state index contributed by atoms with van der Waals surface area (Å²) >= 11 is 0. The monoisotopic (exact) mass is 391 g/mol. The number of aliphatic hydroxyl groups is 1. The highest BCUT2D eigenvalue weighted by molar-refractivity contribution is 6.02. The first-order valence-electron chi connectivity index (χ1n) is 9.87. The van der Waals surface area contributed by atoms with Gasteiger partial charge in [0.15, 0.2) is 5.78 Å². The highest BCUT2D eigenvalue weighted by Gasteiger charge is 2.36.